The first-order valence-corrected chi connectivity index (χ1v) is 12.3. The number of methoxy groups -OCH3 is 1. The number of rotatable bonds is 7. The summed E-state index contributed by atoms with van der Waals surface area (Å²) in [7, 11) is 1.64. The number of pyridine rings is 2. The lowest BCUT2D eigenvalue weighted by Crippen LogP contribution is -2.47. The molecule has 5 heterocycles. The Morgan fingerprint density at radius 2 is 1.86 bits per heavy atom. The summed E-state index contributed by atoms with van der Waals surface area (Å²) in [6.45, 7) is 14.3. The lowest BCUT2D eigenvalue weighted by atomic mass is 9.96. The number of hydrogen-bond donors (Lipinski definition) is 1. The van der Waals surface area contributed by atoms with Crippen LogP contribution in [0.15, 0.2) is 36.9 Å². The van der Waals surface area contributed by atoms with Gasteiger partial charge in [-0.3, -0.25) is 15.0 Å². The highest BCUT2D eigenvalue weighted by molar-refractivity contribution is 5.75. The van der Waals surface area contributed by atoms with Gasteiger partial charge in [-0.2, -0.15) is 10.2 Å². The van der Waals surface area contributed by atoms with Gasteiger partial charge in [0.2, 0.25) is 0 Å². The Morgan fingerprint density at radius 1 is 1.06 bits per heavy atom. The van der Waals surface area contributed by atoms with Crippen molar-refractivity contribution in [1.82, 2.24) is 34.7 Å². The first-order chi connectivity index (χ1) is 16.9. The molecule has 0 unspecified atom stereocenters. The minimum Gasteiger partial charge on any atom is -0.493 e. The van der Waals surface area contributed by atoms with Gasteiger partial charge in [0, 0.05) is 50.0 Å². The second kappa shape index (κ2) is 9.65. The number of anilines is 1. The normalized spacial score (nSPS) is 15.0. The van der Waals surface area contributed by atoms with Crippen LogP contribution in [0.5, 0.6) is 5.75 Å². The molecule has 0 atom stereocenters. The van der Waals surface area contributed by atoms with Gasteiger partial charge in [-0.05, 0) is 30.0 Å². The van der Waals surface area contributed by atoms with Gasteiger partial charge in [-0.1, -0.05) is 27.7 Å². The van der Waals surface area contributed by atoms with Gasteiger partial charge in [-0.25, -0.2) is 9.50 Å². The van der Waals surface area contributed by atoms with Crippen LogP contribution in [0.1, 0.15) is 39.2 Å². The molecule has 4 aromatic heterocycles. The summed E-state index contributed by atoms with van der Waals surface area (Å²) >= 11 is 0. The zero-order valence-corrected chi connectivity index (χ0v) is 21.2. The lowest BCUT2D eigenvalue weighted by Gasteiger charge is -2.36. The number of H-pyrrole nitrogens is 1. The number of nitrogens with one attached hydrogen (secondary N) is 1. The SMILES string of the molecule is COc1cc(-c2n[nH]c(-c3ccc(N4CCN(CC(C)C)CC4)cn3)c2C(C)C)cn2ncnc12. The first-order valence-electron chi connectivity index (χ1n) is 12.3. The van der Waals surface area contributed by atoms with Crippen LogP contribution in [0.4, 0.5) is 5.69 Å². The fraction of sp³-hybridized carbons (Fsp3) is 0.462. The van der Waals surface area contributed by atoms with E-state index in [1.54, 1.807) is 11.6 Å². The van der Waals surface area contributed by atoms with E-state index in [2.05, 4.69) is 64.8 Å². The number of fused-ring (bicyclic) bond motifs is 1. The zero-order valence-electron chi connectivity index (χ0n) is 21.2. The summed E-state index contributed by atoms with van der Waals surface area (Å²) in [6, 6.07) is 6.24. The monoisotopic (exact) mass is 474 g/mol. The smallest absolute Gasteiger partial charge is 0.197 e. The van der Waals surface area contributed by atoms with E-state index >= 15 is 0 Å². The van der Waals surface area contributed by atoms with E-state index in [0.717, 1.165) is 54.4 Å². The molecule has 5 rings (SSSR count). The fourth-order valence-corrected chi connectivity index (χ4v) is 4.93. The third-order valence-corrected chi connectivity index (χ3v) is 6.58. The van der Waals surface area contributed by atoms with Gasteiger partial charge in [0.05, 0.1) is 36.1 Å². The van der Waals surface area contributed by atoms with E-state index in [0.29, 0.717) is 17.3 Å². The summed E-state index contributed by atoms with van der Waals surface area (Å²) in [5.41, 5.74) is 6.60. The highest BCUT2D eigenvalue weighted by atomic mass is 16.5. The van der Waals surface area contributed by atoms with Crippen molar-refractivity contribution in [1.29, 1.82) is 0 Å². The van der Waals surface area contributed by atoms with Crippen molar-refractivity contribution < 1.29 is 4.74 Å². The maximum atomic E-state index is 5.55. The molecule has 9 nitrogen and oxygen atoms in total. The minimum absolute atomic E-state index is 0.242. The third kappa shape index (κ3) is 4.60. The van der Waals surface area contributed by atoms with Crippen LogP contribution in [0.3, 0.4) is 0 Å². The molecule has 1 aliphatic rings. The number of aromatic amines is 1. The molecule has 0 radical (unpaired) electrons. The summed E-state index contributed by atoms with van der Waals surface area (Å²) in [5.74, 6) is 1.61. The van der Waals surface area contributed by atoms with E-state index in [4.69, 9.17) is 14.8 Å². The summed E-state index contributed by atoms with van der Waals surface area (Å²) in [4.78, 5) is 14.1. The largest absolute Gasteiger partial charge is 0.493 e. The average Bonchev–Trinajstić information content (AvgIpc) is 3.51. The number of aromatic nitrogens is 6. The van der Waals surface area contributed by atoms with Crippen LogP contribution in [-0.4, -0.2) is 74.5 Å². The van der Waals surface area contributed by atoms with E-state index < -0.39 is 0 Å². The van der Waals surface area contributed by atoms with E-state index in [9.17, 15) is 0 Å². The van der Waals surface area contributed by atoms with Crippen LogP contribution in [0, 0.1) is 5.92 Å². The fourth-order valence-electron chi connectivity index (χ4n) is 4.93. The number of piperazine rings is 1. The van der Waals surface area contributed by atoms with E-state index in [1.165, 1.54) is 18.6 Å². The van der Waals surface area contributed by atoms with Crippen LogP contribution < -0.4 is 9.64 Å². The Labute approximate surface area is 206 Å². The maximum Gasteiger partial charge on any atom is 0.197 e. The topological polar surface area (TPSA) is 87.5 Å². The quantitative estimate of drug-likeness (QED) is 0.432. The van der Waals surface area contributed by atoms with Gasteiger partial charge in [0.1, 0.15) is 6.33 Å². The Balaban J connectivity index is 1.41. The Bertz CT molecular complexity index is 1280. The van der Waals surface area contributed by atoms with Crippen molar-refractivity contribution in [2.75, 3.05) is 44.7 Å². The molecule has 1 saturated heterocycles. The standard InChI is InChI=1S/C26H34N8O/c1-17(2)14-32-8-10-33(11-9-32)20-6-7-21(27-13-20)25-23(18(3)4)24(30-31-25)19-12-22(35-5)26-28-16-29-34(26)15-19/h6-7,12-13,15-18H,8-11,14H2,1-5H3,(H,30,31). The number of ether oxygens (including phenoxy) is 1. The molecule has 1 N–H and O–H groups in total. The first kappa shape index (κ1) is 23.3. The molecule has 0 bridgehead atoms. The second-order valence-electron chi connectivity index (χ2n) is 9.92. The van der Waals surface area contributed by atoms with Crippen molar-refractivity contribution in [3.8, 4) is 28.4 Å². The van der Waals surface area contributed by atoms with Crippen molar-refractivity contribution in [3.05, 3.63) is 42.5 Å². The molecule has 0 amide bonds. The lowest BCUT2D eigenvalue weighted by molar-refractivity contribution is 0.231. The van der Waals surface area contributed by atoms with Crippen LogP contribution in [0.25, 0.3) is 28.3 Å². The third-order valence-electron chi connectivity index (χ3n) is 6.58. The highest BCUT2D eigenvalue weighted by Gasteiger charge is 2.22. The van der Waals surface area contributed by atoms with Gasteiger partial charge in [-0.15, -0.1) is 0 Å². The summed E-state index contributed by atoms with van der Waals surface area (Å²) in [5, 5.41) is 12.2. The zero-order chi connectivity index (χ0) is 24.5. The van der Waals surface area contributed by atoms with Crippen LogP contribution >= 0.6 is 0 Å². The minimum atomic E-state index is 0.242. The van der Waals surface area contributed by atoms with Crippen LogP contribution in [0.2, 0.25) is 0 Å². The van der Waals surface area contributed by atoms with Crippen LogP contribution in [-0.2, 0) is 0 Å². The molecule has 1 fully saturated rings. The number of nitrogens with zero attached hydrogens (tertiary/aromatic N) is 7. The molecule has 184 valence electrons. The molecular formula is C26H34N8O. The summed E-state index contributed by atoms with van der Waals surface area (Å²) in [6.07, 6.45) is 5.45. The van der Waals surface area contributed by atoms with Crippen molar-refractivity contribution in [2.24, 2.45) is 5.92 Å². The highest BCUT2D eigenvalue weighted by Crippen LogP contribution is 2.36. The molecule has 0 aliphatic carbocycles. The molecule has 4 aromatic rings. The van der Waals surface area contributed by atoms with Gasteiger partial charge < -0.3 is 9.64 Å². The van der Waals surface area contributed by atoms with Gasteiger partial charge in [0.25, 0.3) is 0 Å². The van der Waals surface area contributed by atoms with E-state index in [1.807, 2.05) is 18.5 Å². The van der Waals surface area contributed by atoms with Crippen molar-refractivity contribution in [3.63, 3.8) is 0 Å². The van der Waals surface area contributed by atoms with E-state index in [-0.39, 0.29) is 5.92 Å². The van der Waals surface area contributed by atoms with Crippen molar-refractivity contribution >= 4 is 11.3 Å². The maximum absolute atomic E-state index is 5.55. The van der Waals surface area contributed by atoms with Crippen molar-refractivity contribution in [2.45, 2.75) is 33.6 Å². The molecule has 0 spiro atoms. The summed E-state index contributed by atoms with van der Waals surface area (Å²) < 4.78 is 7.28. The molecule has 1 aliphatic heterocycles. The number of hydrogen-bond acceptors (Lipinski definition) is 7. The average molecular weight is 475 g/mol. The Morgan fingerprint density at radius 3 is 2.51 bits per heavy atom. The second-order valence-corrected chi connectivity index (χ2v) is 9.92. The van der Waals surface area contributed by atoms with Gasteiger partial charge in [0.15, 0.2) is 11.4 Å². The Kier molecular flexibility index (Phi) is 6.42. The Hall–Kier alpha value is -3.46. The molecular weight excluding hydrogens is 440 g/mol. The van der Waals surface area contributed by atoms with Gasteiger partial charge >= 0.3 is 0 Å². The molecule has 0 saturated carbocycles. The predicted molar refractivity (Wildman–Crippen MR) is 138 cm³/mol. The molecule has 35 heavy (non-hydrogen) atoms. The molecule has 9 heteroatoms. The molecule has 0 aromatic carbocycles. The predicted octanol–water partition coefficient (Wildman–Crippen LogP) is 4.09.